The van der Waals surface area contributed by atoms with Crippen molar-refractivity contribution in [3.8, 4) is 0 Å². The molecule has 25 heavy (non-hydrogen) atoms. The average Bonchev–Trinajstić information content (AvgIpc) is 3.37. The molecule has 5 heteroatoms. The molecule has 1 amide bonds. The van der Waals surface area contributed by atoms with E-state index in [1.807, 2.05) is 0 Å². The fourth-order valence-corrected chi connectivity index (χ4v) is 3.99. The lowest BCUT2D eigenvalue weighted by Crippen LogP contribution is -2.28. The summed E-state index contributed by atoms with van der Waals surface area (Å²) in [5.41, 5.74) is 2.61. The van der Waals surface area contributed by atoms with Gasteiger partial charge < -0.3 is 9.88 Å². The Balaban J connectivity index is 1.29. The van der Waals surface area contributed by atoms with E-state index in [-0.39, 0.29) is 11.8 Å². The number of aromatic nitrogens is 3. The first-order valence-electron chi connectivity index (χ1n) is 9.48. The van der Waals surface area contributed by atoms with Gasteiger partial charge in [0, 0.05) is 31.8 Å². The molecule has 1 fully saturated rings. The molecule has 2 atom stereocenters. The molecule has 2 aliphatic rings. The van der Waals surface area contributed by atoms with E-state index in [9.17, 15) is 4.79 Å². The second-order valence-corrected chi connectivity index (χ2v) is 7.34. The van der Waals surface area contributed by atoms with Crippen LogP contribution in [-0.2, 0) is 24.2 Å². The Kier molecular flexibility index (Phi) is 4.55. The van der Waals surface area contributed by atoms with Gasteiger partial charge in [0.1, 0.15) is 11.6 Å². The summed E-state index contributed by atoms with van der Waals surface area (Å²) in [5, 5.41) is 11.8. The van der Waals surface area contributed by atoms with Crippen molar-refractivity contribution in [2.24, 2.45) is 5.92 Å². The molecule has 0 unspecified atom stereocenters. The van der Waals surface area contributed by atoms with Crippen LogP contribution >= 0.6 is 0 Å². The Morgan fingerprint density at radius 2 is 2.12 bits per heavy atom. The van der Waals surface area contributed by atoms with Crippen LogP contribution in [0.15, 0.2) is 24.3 Å². The molecule has 0 saturated heterocycles. The van der Waals surface area contributed by atoms with E-state index in [4.69, 9.17) is 0 Å². The van der Waals surface area contributed by atoms with Crippen molar-refractivity contribution < 1.29 is 4.79 Å². The smallest absolute Gasteiger partial charge is 0.223 e. The molecule has 1 aromatic carbocycles. The zero-order valence-electron chi connectivity index (χ0n) is 14.9. The molecule has 1 aliphatic heterocycles. The third-order valence-corrected chi connectivity index (χ3v) is 5.55. The van der Waals surface area contributed by atoms with Crippen LogP contribution in [0.2, 0.25) is 0 Å². The number of carbonyl (C=O) groups excluding carboxylic acids is 1. The molecule has 4 rings (SSSR count). The van der Waals surface area contributed by atoms with Gasteiger partial charge in [0.05, 0.1) is 0 Å². The van der Waals surface area contributed by atoms with Gasteiger partial charge in [-0.25, -0.2) is 0 Å². The van der Waals surface area contributed by atoms with Gasteiger partial charge in [-0.15, -0.1) is 10.2 Å². The third kappa shape index (κ3) is 3.46. The zero-order valence-corrected chi connectivity index (χ0v) is 14.9. The number of nitrogens with zero attached hydrogens (tertiary/aromatic N) is 3. The fraction of sp³-hybridized carbons (Fsp3) is 0.550. The molecule has 0 radical (unpaired) electrons. The molecule has 2 aromatic rings. The quantitative estimate of drug-likeness (QED) is 0.912. The second kappa shape index (κ2) is 6.98. The van der Waals surface area contributed by atoms with Crippen LogP contribution < -0.4 is 5.32 Å². The van der Waals surface area contributed by atoms with Gasteiger partial charge in [0.15, 0.2) is 0 Å². The summed E-state index contributed by atoms with van der Waals surface area (Å²) in [6.45, 7) is 3.79. The van der Waals surface area contributed by atoms with Crippen molar-refractivity contribution >= 4 is 5.91 Å². The highest BCUT2D eigenvalue weighted by Crippen LogP contribution is 2.48. The van der Waals surface area contributed by atoms with E-state index in [0.29, 0.717) is 12.5 Å². The first-order chi connectivity index (χ1) is 12.2. The number of carbonyl (C=O) groups is 1. The van der Waals surface area contributed by atoms with E-state index < -0.39 is 0 Å². The number of amides is 1. The molecular weight excluding hydrogens is 312 g/mol. The Bertz CT molecular complexity index is 767. The van der Waals surface area contributed by atoms with Crippen LogP contribution in [0.3, 0.4) is 0 Å². The maximum absolute atomic E-state index is 12.4. The number of nitrogens with one attached hydrogen (secondary N) is 1. The zero-order chi connectivity index (χ0) is 17.2. The van der Waals surface area contributed by atoms with Crippen molar-refractivity contribution in [1.29, 1.82) is 0 Å². The molecule has 132 valence electrons. The van der Waals surface area contributed by atoms with E-state index in [1.54, 1.807) is 0 Å². The summed E-state index contributed by atoms with van der Waals surface area (Å²) in [4.78, 5) is 12.4. The minimum atomic E-state index is 0.136. The van der Waals surface area contributed by atoms with E-state index in [2.05, 4.69) is 51.3 Å². The second-order valence-electron chi connectivity index (χ2n) is 7.34. The van der Waals surface area contributed by atoms with Gasteiger partial charge in [-0.05, 0) is 43.2 Å². The number of rotatable bonds is 5. The van der Waals surface area contributed by atoms with Crippen LogP contribution in [0.4, 0.5) is 0 Å². The fourth-order valence-electron chi connectivity index (χ4n) is 3.99. The molecule has 1 aromatic heterocycles. The average molecular weight is 338 g/mol. The number of benzene rings is 1. The summed E-state index contributed by atoms with van der Waals surface area (Å²) < 4.78 is 2.26. The summed E-state index contributed by atoms with van der Waals surface area (Å²) >= 11 is 0. The van der Waals surface area contributed by atoms with Crippen molar-refractivity contribution in [1.82, 2.24) is 20.1 Å². The highest BCUT2D eigenvalue weighted by atomic mass is 16.2. The summed E-state index contributed by atoms with van der Waals surface area (Å²) in [6, 6.07) is 8.39. The summed E-state index contributed by atoms with van der Waals surface area (Å²) in [6.07, 6.45) is 6.43. The van der Waals surface area contributed by atoms with Crippen LogP contribution in [0.1, 0.15) is 54.4 Å². The van der Waals surface area contributed by atoms with Crippen molar-refractivity contribution in [2.45, 2.75) is 57.9 Å². The number of aryl methyl sites for hydroxylation is 2. The lowest BCUT2D eigenvalue weighted by Gasteiger charge is -2.08. The Hall–Kier alpha value is -2.17. The minimum absolute atomic E-state index is 0.136. The highest BCUT2D eigenvalue weighted by Gasteiger charge is 2.44. The minimum Gasteiger partial charge on any atom is -0.355 e. The normalized spacial score (nSPS) is 22.1. The van der Waals surface area contributed by atoms with E-state index in [1.165, 1.54) is 30.4 Å². The highest BCUT2D eigenvalue weighted by molar-refractivity contribution is 5.83. The molecule has 1 aliphatic carbocycles. The molecule has 0 bridgehead atoms. The van der Waals surface area contributed by atoms with Gasteiger partial charge >= 0.3 is 0 Å². The monoisotopic (exact) mass is 338 g/mol. The Morgan fingerprint density at radius 3 is 3.00 bits per heavy atom. The Labute approximate surface area is 148 Å². The molecular formula is C20H26N4O. The van der Waals surface area contributed by atoms with E-state index in [0.717, 1.165) is 37.5 Å². The molecule has 0 spiro atoms. The molecule has 1 N–H and O–H groups in total. The first kappa shape index (κ1) is 16.3. The van der Waals surface area contributed by atoms with Crippen LogP contribution in [-0.4, -0.2) is 27.2 Å². The number of fused-ring (bicyclic) bond motifs is 1. The SMILES string of the molecule is Cc1ccccc1[C@@H]1C[C@@H]1C(=O)NCCc1nnc2n1CCCCC2. The van der Waals surface area contributed by atoms with Crippen molar-refractivity contribution in [3.63, 3.8) is 0 Å². The summed E-state index contributed by atoms with van der Waals surface area (Å²) in [7, 11) is 0. The topological polar surface area (TPSA) is 59.8 Å². The Morgan fingerprint density at radius 1 is 1.24 bits per heavy atom. The van der Waals surface area contributed by atoms with Crippen molar-refractivity contribution in [2.75, 3.05) is 6.54 Å². The lowest BCUT2D eigenvalue weighted by atomic mass is 10.0. The maximum Gasteiger partial charge on any atom is 0.223 e. The van der Waals surface area contributed by atoms with Gasteiger partial charge in [-0.1, -0.05) is 30.7 Å². The van der Waals surface area contributed by atoms with Crippen LogP contribution in [0.5, 0.6) is 0 Å². The first-order valence-corrected chi connectivity index (χ1v) is 9.48. The van der Waals surface area contributed by atoms with Crippen LogP contribution in [0.25, 0.3) is 0 Å². The predicted octanol–water partition coefficient (Wildman–Crippen LogP) is 2.78. The van der Waals surface area contributed by atoms with Gasteiger partial charge in [-0.2, -0.15) is 0 Å². The molecule has 2 heterocycles. The van der Waals surface area contributed by atoms with Gasteiger partial charge in [0.25, 0.3) is 0 Å². The maximum atomic E-state index is 12.4. The predicted molar refractivity (Wildman–Crippen MR) is 96.3 cm³/mol. The standard InChI is InChI=1S/C20H26N4O/c1-14-7-4-5-8-15(14)16-13-17(16)20(25)21-11-10-19-23-22-18-9-3-2-6-12-24(18)19/h4-5,7-8,16-17H,2-3,6,9-13H2,1H3,(H,21,25)/t16-,17-/m0/s1. The molecule has 1 saturated carbocycles. The van der Waals surface area contributed by atoms with Crippen LogP contribution in [0, 0.1) is 12.8 Å². The third-order valence-electron chi connectivity index (χ3n) is 5.55. The molecule has 5 nitrogen and oxygen atoms in total. The van der Waals surface area contributed by atoms with Gasteiger partial charge in [0.2, 0.25) is 5.91 Å². The van der Waals surface area contributed by atoms with Gasteiger partial charge in [-0.3, -0.25) is 4.79 Å². The van der Waals surface area contributed by atoms with E-state index >= 15 is 0 Å². The van der Waals surface area contributed by atoms with Crippen molar-refractivity contribution in [3.05, 3.63) is 47.0 Å². The summed E-state index contributed by atoms with van der Waals surface area (Å²) in [5.74, 6) is 2.84. The lowest BCUT2D eigenvalue weighted by molar-refractivity contribution is -0.122. The number of hydrogen-bond donors (Lipinski definition) is 1. The largest absolute Gasteiger partial charge is 0.355 e. The number of hydrogen-bond acceptors (Lipinski definition) is 3.